The first-order valence-electron chi connectivity index (χ1n) is 8.21. The predicted octanol–water partition coefficient (Wildman–Crippen LogP) is 3.35. The zero-order valence-corrected chi connectivity index (χ0v) is 16.1. The molecule has 0 bridgehead atoms. The average Bonchev–Trinajstić information content (AvgIpc) is 2.52. The Morgan fingerprint density at radius 2 is 1.46 bits per heavy atom. The van der Waals surface area contributed by atoms with E-state index >= 15 is 0 Å². The maximum atomic E-state index is 13.3. The predicted molar refractivity (Wildman–Crippen MR) is 97.3 cm³/mol. The maximum absolute atomic E-state index is 13.3. The molecule has 0 atom stereocenters. The van der Waals surface area contributed by atoms with Crippen molar-refractivity contribution in [2.75, 3.05) is 0 Å². The average molecular weight is 348 g/mol. The minimum atomic E-state index is -0.973. The highest BCUT2D eigenvalue weighted by molar-refractivity contribution is 6.46. The molecule has 0 heterocycles. The van der Waals surface area contributed by atoms with Crippen LogP contribution in [-0.2, 0) is 13.9 Å². The Labute approximate surface area is 145 Å². The topological polar surface area (TPSA) is 27.7 Å². The lowest BCUT2D eigenvalue weighted by Crippen LogP contribution is -2.32. The van der Waals surface area contributed by atoms with E-state index in [9.17, 15) is 4.39 Å². The molecule has 0 aliphatic rings. The van der Waals surface area contributed by atoms with Crippen molar-refractivity contribution in [3.63, 3.8) is 0 Å². The van der Waals surface area contributed by atoms with Crippen LogP contribution in [0.15, 0.2) is 48.5 Å². The van der Waals surface area contributed by atoms with Gasteiger partial charge in [0.05, 0.1) is 12.2 Å². The number of benzene rings is 2. The summed E-state index contributed by atoms with van der Waals surface area (Å²) in [5, 5.41) is 1.14. The van der Waals surface area contributed by atoms with Gasteiger partial charge in [0, 0.05) is 0 Å². The van der Waals surface area contributed by atoms with Gasteiger partial charge in [0.15, 0.2) is 9.76 Å². The summed E-state index contributed by atoms with van der Waals surface area (Å²) in [7, 11) is -0.973. The van der Waals surface area contributed by atoms with E-state index in [2.05, 4.69) is 0 Å². The van der Waals surface area contributed by atoms with Gasteiger partial charge in [-0.15, -0.1) is 0 Å². The fourth-order valence-corrected chi connectivity index (χ4v) is 3.09. The molecule has 0 radical (unpaired) electrons. The normalized spacial score (nSPS) is 12.2. The van der Waals surface area contributed by atoms with E-state index in [-0.39, 0.29) is 18.0 Å². The first-order chi connectivity index (χ1) is 11.4. The van der Waals surface area contributed by atoms with Crippen molar-refractivity contribution >= 4 is 14.9 Å². The SMILES string of the molecule is CC(C)OC(O[SiH2]c1ccc(-c2cccc(F)c2)cc1)OC(C)C. The molecule has 130 valence electrons. The van der Waals surface area contributed by atoms with Crippen molar-refractivity contribution in [3.05, 3.63) is 54.3 Å². The van der Waals surface area contributed by atoms with Gasteiger partial charge in [0.25, 0.3) is 6.48 Å². The largest absolute Gasteiger partial charge is 0.373 e. The number of halogens is 1. The maximum Gasteiger partial charge on any atom is 0.262 e. The molecule has 24 heavy (non-hydrogen) atoms. The summed E-state index contributed by atoms with van der Waals surface area (Å²) < 4.78 is 30.4. The zero-order valence-electron chi connectivity index (χ0n) is 14.7. The summed E-state index contributed by atoms with van der Waals surface area (Å²) in [5.41, 5.74) is 1.86. The van der Waals surface area contributed by atoms with Crippen LogP contribution in [0.4, 0.5) is 4.39 Å². The van der Waals surface area contributed by atoms with Gasteiger partial charge in [-0.1, -0.05) is 36.4 Å². The minimum absolute atomic E-state index is 0.0399. The van der Waals surface area contributed by atoms with E-state index in [4.69, 9.17) is 13.9 Å². The van der Waals surface area contributed by atoms with Gasteiger partial charge >= 0.3 is 0 Å². The van der Waals surface area contributed by atoms with Crippen molar-refractivity contribution in [2.45, 2.75) is 46.4 Å². The molecule has 0 unspecified atom stereocenters. The second kappa shape index (κ2) is 9.08. The Hall–Kier alpha value is -1.53. The molecule has 0 saturated carbocycles. The first kappa shape index (κ1) is 18.8. The number of rotatable bonds is 8. The summed E-state index contributed by atoms with van der Waals surface area (Å²) in [5.74, 6) is -0.228. The Balaban J connectivity index is 1.97. The van der Waals surface area contributed by atoms with E-state index in [1.54, 1.807) is 6.07 Å². The fraction of sp³-hybridized carbons (Fsp3) is 0.368. The van der Waals surface area contributed by atoms with E-state index in [0.29, 0.717) is 0 Å². The molecule has 0 amide bonds. The first-order valence-corrected chi connectivity index (χ1v) is 9.50. The number of hydrogen-bond acceptors (Lipinski definition) is 3. The van der Waals surface area contributed by atoms with E-state index < -0.39 is 16.2 Å². The van der Waals surface area contributed by atoms with Crippen molar-refractivity contribution in [1.29, 1.82) is 0 Å². The van der Waals surface area contributed by atoms with Gasteiger partial charge in [-0.25, -0.2) is 4.39 Å². The summed E-state index contributed by atoms with van der Waals surface area (Å²) in [6.45, 7) is 7.19. The van der Waals surface area contributed by atoms with E-state index in [1.807, 2.05) is 58.0 Å². The third kappa shape index (κ3) is 6.17. The van der Waals surface area contributed by atoms with E-state index in [0.717, 1.165) is 16.3 Å². The smallest absolute Gasteiger partial charge is 0.262 e. The molecule has 2 rings (SSSR count). The van der Waals surface area contributed by atoms with Crippen LogP contribution in [0, 0.1) is 5.82 Å². The Morgan fingerprint density at radius 1 is 0.833 bits per heavy atom. The molecule has 0 fully saturated rings. The molecular weight excluding hydrogens is 323 g/mol. The summed E-state index contributed by atoms with van der Waals surface area (Å²) >= 11 is 0. The molecule has 5 heteroatoms. The van der Waals surface area contributed by atoms with Crippen molar-refractivity contribution in [3.8, 4) is 11.1 Å². The van der Waals surface area contributed by atoms with Crippen molar-refractivity contribution < 1.29 is 18.3 Å². The van der Waals surface area contributed by atoms with Crippen LogP contribution in [0.1, 0.15) is 27.7 Å². The highest BCUT2D eigenvalue weighted by Crippen LogP contribution is 2.18. The highest BCUT2D eigenvalue weighted by Gasteiger charge is 2.14. The quantitative estimate of drug-likeness (QED) is 0.541. The highest BCUT2D eigenvalue weighted by atomic mass is 28.2. The molecule has 0 aromatic heterocycles. The molecule has 0 aliphatic carbocycles. The summed E-state index contributed by atoms with van der Waals surface area (Å²) in [4.78, 5) is 0. The standard InChI is InChI=1S/C19H25FO3Si/c1-13(2)21-19(22-14(3)4)23-24-18-10-8-15(9-11-18)16-6-5-7-17(20)12-16/h5-14,19H,24H2,1-4H3. The zero-order chi connectivity index (χ0) is 17.5. The molecule has 2 aromatic carbocycles. The van der Waals surface area contributed by atoms with Crippen molar-refractivity contribution in [1.82, 2.24) is 0 Å². The second-order valence-electron chi connectivity index (χ2n) is 6.18. The van der Waals surface area contributed by atoms with Gasteiger partial charge in [-0.05, 0) is 56.1 Å². The lowest BCUT2D eigenvalue weighted by atomic mass is 10.1. The van der Waals surface area contributed by atoms with Gasteiger partial charge in [0.2, 0.25) is 0 Å². The van der Waals surface area contributed by atoms with Crippen LogP contribution >= 0.6 is 0 Å². The van der Waals surface area contributed by atoms with Crippen LogP contribution in [0.5, 0.6) is 0 Å². The van der Waals surface area contributed by atoms with Gasteiger partial charge < -0.3 is 13.9 Å². The van der Waals surface area contributed by atoms with Crippen LogP contribution in [0.2, 0.25) is 0 Å². The van der Waals surface area contributed by atoms with Crippen LogP contribution in [-0.4, -0.2) is 28.4 Å². The fourth-order valence-electron chi connectivity index (χ4n) is 2.18. The van der Waals surface area contributed by atoms with Crippen molar-refractivity contribution in [2.24, 2.45) is 0 Å². The van der Waals surface area contributed by atoms with Crippen LogP contribution < -0.4 is 5.19 Å². The Kier molecular flexibility index (Phi) is 7.11. The van der Waals surface area contributed by atoms with Gasteiger partial charge in [0.1, 0.15) is 5.82 Å². The third-order valence-corrected chi connectivity index (χ3v) is 4.51. The number of ether oxygens (including phenoxy) is 2. The van der Waals surface area contributed by atoms with Crippen LogP contribution in [0.3, 0.4) is 0 Å². The molecule has 0 spiro atoms. The molecule has 0 aliphatic heterocycles. The lowest BCUT2D eigenvalue weighted by Gasteiger charge is -2.23. The molecule has 0 N–H and O–H groups in total. The number of hydrogen-bond donors (Lipinski definition) is 0. The molecule has 3 nitrogen and oxygen atoms in total. The Morgan fingerprint density at radius 3 is 2.00 bits per heavy atom. The second-order valence-corrected chi connectivity index (χ2v) is 7.62. The van der Waals surface area contributed by atoms with E-state index in [1.165, 1.54) is 12.1 Å². The summed E-state index contributed by atoms with van der Waals surface area (Å²) in [6.07, 6.45) is 0.0798. The minimum Gasteiger partial charge on any atom is -0.373 e. The molecule has 0 saturated heterocycles. The third-order valence-electron chi connectivity index (χ3n) is 3.26. The summed E-state index contributed by atoms with van der Waals surface area (Å²) in [6, 6.07) is 14.6. The van der Waals surface area contributed by atoms with Crippen LogP contribution in [0.25, 0.3) is 11.1 Å². The monoisotopic (exact) mass is 348 g/mol. The molecular formula is C19H25FO3Si. The Bertz CT molecular complexity index is 619. The lowest BCUT2D eigenvalue weighted by molar-refractivity contribution is -0.274. The molecule has 2 aromatic rings. The van der Waals surface area contributed by atoms with Gasteiger partial charge in [-0.3, -0.25) is 0 Å². The van der Waals surface area contributed by atoms with Gasteiger partial charge in [-0.2, -0.15) is 0 Å².